The molecule has 0 spiro atoms. The third kappa shape index (κ3) is 4.98. The molecule has 2 aromatic heterocycles. The molecule has 0 bridgehead atoms. The van der Waals surface area contributed by atoms with Gasteiger partial charge >= 0.3 is 12.8 Å². The predicted octanol–water partition coefficient (Wildman–Crippen LogP) is 4.41. The Hall–Kier alpha value is -3.24. The second-order valence-corrected chi connectivity index (χ2v) is 5.77. The Bertz CT molecular complexity index is 975. The molecule has 0 unspecified atom stereocenters. The second kappa shape index (κ2) is 8.41. The van der Waals surface area contributed by atoms with Crippen molar-refractivity contribution in [2.75, 3.05) is 6.61 Å². The highest BCUT2D eigenvalue weighted by Gasteiger charge is 2.36. The SMILES string of the molecule is CCOc1ncc(Cn2ncnc2C(F)(F)F)cc1-c1cccc(OC(F)F)c1. The Morgan fingerprint density at radius 3 is 2.62 bits per heavy atom. The molecule has 29 heavy (non-hydrogen) atoms. The van der Waals surface area contributed by atoms with Crippen LogP contribution in [-0.2, 0) is 12.7 Å². The van der Waals surface area contributed by atoms with Crippen LogP contribution in [0.4, 0.5) is 22.0 Å². The lowest BCUT2D eigenvalue weighted by atomic mass is 10.0. The highest BCUT2D eigenvalue weighted by atomic mass is 19.4. The number of pyridine rings is 1. The maximum absolute atomic E-state index is 13.0. The Kier molecular flexibility index (Phi) is 5.95. The number of nitrogens with zero attached hydrogens (tertiary/aromatic N) is 4. The maximum Gasteiger partial charge on any atom is 0.451 e. The molecule has 0 saturated heterocycles. The summed E-state index contributed by atoms with van der Waals surface area (Å²) in [6.45, 7) is -1.21. The van der Waals surface area contributed by atoms with Crippen LogP contribution in [0.2, 0.25) is 0 Å². The van der Waals surface area contributed by atoms with Gasteiger partial charge in [0.15, 0.2) is 0 Å². The number of benzene rings is 1. The molecule has 6 nitrogen and oxygen atoms in total. The Labute approximate surface area is 161 Å². The minimum absolute atomic E-state index is 0.0685. The lowest BCUT2D eigenvalue weighted by Crippen LogP contribution is -2.16. The number of hydrogen-bond acceptors (Lipinski definition) is 5. The first-order chi connectivity index (χ1) is 13.8. The van der Waals surface area contributed by atoms with E-state index < -0.39 is 18.6 Å². The van der Waals surface area contributed by atoms with E-state index in [1.54, 1.807) is 19.1 Å². The van der Waals surface area contributed by atoms with Crippen LogP contribution in [0.5, 0.6) is 11.6 Å². The van der Waals surface area contributed by atoms with E-state index in [1.807, 2.05) is 0 Å². The van der Waals surface area contributed by atoms with Gasteiger partial charge < -0.3 is 9.47 Å². The van der Waals surface area contributed by atoms with Gasteiger partial charge in [-0.3, -0.25) is 0 Å². The van der Waals surface area contributed by atoms with Gasteiger partial charge in [-0.15, -0.1) is 0 Å². The number of halogens is 5. The van der Waals surface area contributed by atoms with E-state index >= 15 is 0 Å². The van der Waals surface area contributed by atoms with E-state index in [0.29, 0.717) is 21.4 Å². The van der Waals surface area contributed by atoms with Gasteiger partial charge in [0.1, 0.15) is 12.1 Å². The summed E-state index contributed by atoms with van der Waals surface area (Å²) in [4.78, 5) is 7.40. The van der Waals surface area contributed by atoms with E-state index in [2.05, 4.69) is 19.8 Å². The van der Waals surface area contributed by atoms with Crippen LogP contribution in [0, 0.1) is 0 Å². The number of alkyl halides is 5. The zero-order valence-electron chi connectivity index (χ0n) is 15.0. The molecule has 0 saturated carbocycles. The van der Waals surface area contributed by atoms with Gasteiger partial charge in [0, 0.05) is 11.8 Å². The van der Waals surface area contributed by atoms with Gasteiger partial charge in [0.2, 0.25) is 11.7 Å². The fourth-order valence-corrected chi connectivity index (χ4v) is 2.65. The van der Waals surface area contributed by atoms with E-state index in [1.165, 1.54) is 24.4 Å². The summed E-state index contributed by atoms with van der Waals surface area (Å²) in [5.41, 5.74) is 1.26. The smallest absolute Gasteiger partial charge is 0.451 e. The van der Waals surface area contributed by atoms with Crippen molar-refractivity contribution in [3.05, 3.63) is 54.2 Å². The predicted molar refractivity (Wildman–Crippen MR) is 91.6 cm³/mol. The molecule has 1 aromatic carbocycles. The Balaban J connectivity index is 1.98. The van der Waals surface area contributed by atoms with Gasteiger partial charge in [-0.1, -0.05) is 12.1 Å². The van der Waals surface area contributed by atoms with Gasteiger partial charge in [-0.25, -0.2) is 14.6 Å². The van der Waals surface area contributed by atoms with Crippen LogP contribution >= 0.6 is 0 Å². The van der Waals surface area contributed by atoms with Crippen LogP contribution < -0.4 is 9.47 Å². The summed E-state index contributed by atoms with van der Waals surface area (Å²) in [5.74, 6) is -0.999. The second-order valence-electron chi connectivity index (χ2n) is 5.77. The first-order valence-corrected chi connectivity index (χ1v) is 8.40. The van der Waals surface area contributed by atoms with E-state index in [4.69, 9.17) is 4.74 Å². The molecule has 0 amide bonds. The molecule has 11 heteroatoms. The minimum Gasteiger partial charge on any atom is -0.478 e. The fourth-order valence-electron chi connectivity index (χ4n) is 2.65. The van der Waals surface area contributed by atoms with Crippen LogP contribution in [0.25, 0.3) is 11.1 Å². The van der Waals surface area contributed by atoms with Crippen molar-refractivity contribution in [3.63, 3.8) is 0 Å². The number of aromatic nitrogens is 4. The van der Waals surface area contributed by atoms with Crippen molar-refractivity contribution in [1.82, 2.24) is 19.7 Å². The van der Waals surface area contributed by atoms with Crippen LogP contribution in [0.15, 0.2) is 42.9 Å². The molecule has 0 atom stereocenters. The zero-order valence-corrected chi connectivity index (χ0v) is 15.0. The molecule has 154 valence electrons. The van der Waals surface area contributed by atoms with Crippen LogP contribution in [0.3, 0.4) is 0 Å². The Morgan fingerprint density at radius 2 is 1.93 bits per heavy atom. The molecule has 0 aliphatic heterocycles. The van der Waals surface area contributed by atoms with Gasteiger partial charge in [0.05, 0.1) is 13.2 Å². The Morgan fingerprint density at radius 1 is 1.14 bits per heavy atom. The topological polar surface area (TPSA) is 62.1 Å². The van der Waals surface area contributed by atoms with Crippen molar-refractivity contribution >= 4 is 0 Å². The highest BCUT2D eigenvalue weighted by Crippen LogP contribution is 2.33. The lowest BCUT2D eigenvalue weighted by Gasteiger charge is -2.13. The fraction of sp³-hybridized carbons (Fsp3) is 0.278. The van der Waals surface area contributed by atoms with Crippen molar-refractivity contribution in [2.24, 2.45) is 0 Å². The monoisotopic (exact) mass is 414 g/mol. The summed E-state index contributed by atoms with van der Waals surface area (Å²) in [7, 11) is 0. The molecule has 0 radical (unpaired) electrons. The third-order valence-electron chi connectivity index (χ3n) is 3.76. The normalized spacial score (nSPS) is 11.7. The number of ether oxygens (including phenoxy) is 2. The summed E-state index contributed by atoms with van der Waals surface area (Å²) in [6, 6.07) is 7.42. The molecule has 3 rings (SSSR count). The van der Waals surface area contributed by atoms with Gasteiger partial charge in [0.25, 0.3) is 0 Å². The minimum atomic E-state index is -4.65. The first-order valence-electron chi connectivity index (χ1n) is 8.40. The standard InChI is InChI=1S/C18H15F5N4O2/c1-2-28-15-14(12-4-3-5-13(7-12)29-17(19)20)6-11(8-24-15)9-27-16(18(21,22)23)25-10-26-27/h3-8,10,17H,2,9H2,1H3. The van der Waals surface area contributed by atoms with E-state index in [0.717, 1.165) is 6.33 Å². The quantitative estimate of drug-likeness (QED) is 0.536. The van der Waals surface area contributed by atoms with Crippen molar-refractivity contribution in [1.29, 1.82) is 0 Å². The van der Waals surface area contributed by atoms with Crippen LogP contribution in [-0.4, -0.2) is 33.0 Å². The molecule has 0 aliphatic rings. The summed E-state index contributed by atoms with van der Waals surface area (Å²) < 4.78 is 74.6. The average Bonchev–Trinajstić information content (AvgIpc) is 3.11. The van der Waals surface area contributed by atoms with Crippen molar-refractivity contribution in [2.45, 2.75) is 26.3 Å². The first kappa shape index (κ1) is 20.5. The lowest BCUT2D eigenvalue weighted by molar-refractivity contribution is -0.147. The van der Waals surface area contributed by atoms with E-state index in [9.17, 15) is 22.0 Å². The summed E-state index contributed by atoms with van der Waals surface area (Å²) in [6.07, 6.45) is -2.48. The molecule has 0 aliphatic carbocycles. The number of rotatable bonds is 7. The third-order valence-corrected chi connectivity index (χ3v) is 3.76. The van der Waals surface area contributed by atoms with Crippen LogP contribution in [0.1, 0.15) is 18.3 Å². The molecule has 0 fully saturated rings. The summed E-state index contributed by atoms with van der Waals surface area (Å²) >= 11 is 0. The molecule has 0 N–H and O–H groups in total. The zero-order chi connectivity index (χ0) is 21.0. The van der Waals surface area contributed by atoms with E-state index in [-0.39, 0.29) is 24.8 Å². The van der Waals surface area contributed by atoms with Gasteiger partial charge in [-0.05, 0) is 36.2 Å². The van der Waals surface area contributed by atoms with Gasteiger partial charge in [-0.2, -0.15) is 27.1 Å². The average molecular weight is 414 g/mol. The van der Waals surface area contributed by atoms with Crippen molar-refractivity contribution < 1.29 is 31.4 Å². The number of hydrogen-bond donors (Lipinski definition) is 0. The van der Waals surface area contributed by atoms with Crippen molar-refractivity contribution in [3.8, 4) is 22.8 Å². The maximum atomic E-state index is 13.0. The molecule has 3 aromatic rings. The molecular formula is C18H15F5N4O2. The summed E-state index contributed by atoms with van der Waals surface area (Å²) in [5, 5.41) is 3.61. The molecule has 2 heterocycles. The largest absolute Gasteiger partial charge is 0.478 e. The molecular weight excluding hydrogens is 399 g/mol. The highest BCUT2D eigenvalue weighted by molar-refractivity contribution is 5.70.